The van der Waals surface area contributed by atoms with Gasteiger partial charge < -0.3 is 5.11 Å². The van der Waals surface area contributed by atoms with Crippen LogP contribution in [0.3, 0.4) is 0 Å². The molecule has 0 saturated carbocycles. The van der Waals surface area contributed by atoms with Crippen LogP contribution in [-0.2, 0) is 31.4 Å². The molecule has 0 unspecified atom stereocenters. The Hall–Kier alpha value is -2.93. The van der Waals surface area contributed by atoms with E-state index in [4.69, 9.17) is 0 Å². The molecule has 4 rings (SSSR count). The molecule has 2 atom stereocenters. The Morgan fingerprint density at radius 1 is 1.29 bits per heavy atom. The van der Waals surface area contributed by atoms with Crippen LogP contribution in [-0.4, -0.2) is 42.8 Å². The Labute approximate surface area is 172 Å². The molecule has 1 aliphatic heterocycles. The number of hydrogen-bond acceptors (Lipinski definition) is 4. The van der Waals surface area contributed by atoms with Gasteiger partial charge in [0.25, 0.3) is 0 Å². The summed E-state index contributed by atoms with van der Waals surface area (Å²) in [4.78, 5) is 9.20. The molecule has 166 valence electrons. The molecule has 0 bridgehead atoms. The smallest absolute Gasteiger partial charge is 0.379 e. The minimum atomic E-state index is -4.62. The number of hydrogen-bond donors (Lipinski definition) is 3. The highest BCUT2D eigenvalue weighted by molar-refractivity contribution is 5.26. The number of rotatable bonds is 5. The number of aromatic nitrogens is 6. The van der Waals surface area contributed by atoms with E-state index in [1.165, 1.54) is 28.1 Å². The number of fused-ring (bicyclic) bond motifs is 1. The molecule has 0 fully saturated rings. The third kappa shape index (κ3) is 4.02. The molecule has 3 heterocycles. The number of H-pyrrole nitrogens is 2. The zero-order valence-corrected chi connectivity index (χ0v) is 16.4. The molecular weight excluding hydrogens is 425 g/mol. The molecule has 0 radical (unpaired) electrons. The quantitative estimate of drug-likeness (QED) is 0.401. The molecule has 0 aliphatic carbocycles. The van der Waals surface area contributed by atoms with E-state index in [0.717, 1.165) is 6.07 Å². The summed E-state index contributed by atoms with van der Waals surface area (Å²) in [5.74, 6) is -2.69. The highest BCUT2D eigenvalue weighted by atomic mass is 19.4. The van der Waals surface area contributed by atoms with E-state index in [2.05, 4.69) is 20.2 Å². The van der Waals surface area contributed by atoms with Gasteiger partial charge >= 0.3 is 24.2 Å². The molecule has 31 heavy (non-hydrogen) atoms. The van der Waals surface area contributed by atoms with Crippen LogP contribution in [0, 0.1) is 11.6 Å². The minimum absolute atomic E-state index is 0.00743. The topological polar surface area (TPSA) is 88.6 Å². The number of alkyl halides is 3. The van der Waals surface area contributed by atoms with Crippen molar-refractivity contribution in [1.82, 2.24) is 25.1 Å². The van der Waals surface area contributed by atoms with Crippen LogP contribution < -0.4 is 9.36 Å². The summed E-state index contributed by atoms with van der Waals surface area (Å²) in [6.07, 6.45) is -1.85. The second-order valence-corrected chi connectivity index (χ2v) is 7.48. The van der Waals surface area contributed by atoms with Gasteiger partial charge in [0.05, 0.1) is 0 Å². The summed E-state index contributed by atoms with van der Waals surface area (Å²) >= 11 is 0. The lowest BCUT2D eigenvalue weighted by Gasteiger charge is -2.40. The van der Waals surface area contributed by atoms with E-state index in [1.807, 2.05) is 0 Å². The molecule has 0 spiro atoms. The van der Waals surface area contributed by atoms with E-state index in [-0.39, 0.29) is 37.6 Å². The molecule has 3 aromatic rings. The second kappa shape index (κ2) is 7.64. The number of nitrogens with one attached hydrogen (secondary N) is 2. The van der Waals surface area contributed by atoms with Crippen LogP contribution in [0.5, 0.6) is 0 Å². The summed E-state index contributed by atoms with van der Waals surface area (Å²) in [5, 5.41) is 16.6. The summed E-state index contributed by atoms with van der Waals surface area (Å²) < 4.78 is 69.8. The van der Waals surface area contributed by atoms with Gasteiger partial charge in [-0.3, -0.25) is 4.90 Å². The van der Waals surface area contributed by atoms with Crippen LogP contribution in [0.4, 0.5) is 22.0 Å². The standard InChI is InChI=1S/C18H18F5N7O/c1-11(28-4-5-30-15(7-28)26-16(27-30)18(21,22)23)17(31,8-29-10-24-9-25-29)13-3-2-12(19)6-14(13)20/h2-3,6,9-11,31H,4-5,7-8H2,1H3/p+2/t11-,17-/m1/s1. The van der Waals surface area contributed by atoms with Crippen LogP contribution in [0.1, 0.15) is 24.1 Å². The summed E-state index contributed by atoms with van der Waals surface area (Å²) in [6.45, 7) is 1.92. The Balaban J connectivity index is 1.68. The summed E-state index contributed by atoms with van der Waals surface area (Å²) in [6, 6.07) is 2.11. The maximum absolute atomic E-state index is 14.7. The number of nitrogens with zero attached hydrogens (tertiary/aromatic N) is 5. The lowest BCUT2D eigenvalue weighted by molar-refractivity contribution is -0.769. The first kappa shape index (κ1) is 21.3. The Kier molecular flexibility index (Phi) is 5.25. The van der Waals surface area contributed by atoms with E-state index >= 15 is 0 Å². The highest BCUT2D eigenvalue weighted by Gasteiger charge is 2.47. The largest absolute Gasteiger partial charge is 0.478 e. The number of aromatic amines is 2. The second-order valence-electron chi connectivity index (χ2n) is 7.48. The molecule has 0 saturated heterocycles. The monoisotopic (exact) mass is 445 g/mol. The van der Waals surface area contributed by atoms with Crippen LogP contribution in [0.2, 0.25) is 0 Å². The van der Waals surface area contributed by atoms with Gasteiger partial charge in [0.15, 0.2) is 0 Å². The van der Waals surface area contributed by atoms with Crippen molar-refractivity contribution in [3.8, 4) is 0 Å². The maximum atomic E-state index is 14.7. The zero-order chi connectivity index (χ0) is 22.4. The first-order valence-corrected chi connectivity index (χ1v) is 9.43. The van der Waals surface area contributed by atoms with Gasteiger partial charge in [-0.2, -0.15) is 32.7 Å². The van der Waals surface area contributed by atoms with E-state index in [1.54, 1.807) is 11.8 Å². The third-order valence-corrected chi connectivity index (χ3v) is 5.57. The van der Waals surface area contributed by atoms with Crippen molar-refractivity contribution in [2.45, 2.75) is 44.4 Å². The highest BCUT2D eigenvalue weighted by Crippen LogP contribution is 2.33. The van der Waals surface area contributed by atoms with E-state index in [0.29, 0.717) is 6.07 Å². The van der Waals surface area contributed by atoms with Crippen LogP contribution in [0.15, 0.2) is 30.9 Å². The molecule has 2 aromatic heterocycles. The first-order valence-electron chi connectivity index (χ1n) is 9.43. The predicted octanol–water partition coefficient (Wildman–Crippen LogP) is 0.797. The van der Waals surface area contributed by atoms with Gasteiger partial charge in [0.1, 0.15) is 36.9 Å². The fraction of sp³-hybridized carbons (Fsp3) is 0.444. The summed E-state index contributed by atoms with van der Waals surface area (Å²) in [5.41, 5.74) is -2.00. The van der Waals surface area contributed by atoms with Crippen molar-refractivity contribution in [3.05, 3.63) is 59.7 Å². The SMILES string of the molecule is C[C@@H](N1CC[n+]2[nH]c(C(F)(F)F)nc2C1)[C@](O)(C[n+]1cnc[nH]1)c1ccc(F)cc1F. The molecule has 13 heteroatoms. The minimum Gasteiger partial charge on any atom is -0.379 e. The average Bonchev–Trinajstić information content (AvgIpc) is 3.35. The Bertz CT molecular complexity index is 1070. The Morgan fingerprint density at radius 2 is 2.06 bits per heavy atom. The van der Waals surface area contributed by atoms with Gasteiger partial charge in [-0.25, -0.2) is 8.78 Å². The van der Waals surface area contributed by atoms with Crippen LogP contribution >= 0.6 is 0 Å². The average molecular weight is 445 g/mol. The molecular formula is C18H20F5N7O+2. The maximum Gasteiger partial charge on any atom is 0.478 e. The molecule has 3 N–H and O–H groups in total. The van der Waals surface area contributed by atoms with Crippen molar-refractivity contribution in [2.24, 2.45) is 0 Å². The van der Waals surface area contributed by atoms with Gasteiger partial charge in [0.2, 0.25) is 6.33 Å². The first-order chi connectivity index (χ1) is 14.6. The zero-order valence-electron chi connectivity index (χ0n) is 16.4. The summed E-state index contributed by atoms with van der Waals surface area (Å²) in [7, 11) is 0. The van der Waals surface area contributed by atoms with Gasteiger partial charge in [-0.05, 0) is 23.0 Å². The van der Waals surface area contributed by atoms with Gasteiger partial charge in [-0.15, -0.1) is 0 Å². The fourth-order valence-corrected chi connectivity index (χ4v) is 3.84. The lowest BCUT2D eigenvalue weighted by Crippen LogP contribution is -2.61. The Morgan fingerprint density at radius 3 is 2.71 bits per heavy atom. The predicted molar refractivity (Wildman–Crippen MR) is 92.7 cm³/mol. The van der Waals surface area contributed by atoms with Gasteiger partial charge in [0, 0.05) is 24.2 Å². The van der Waals surface area contributed by atoms with Crippen molar-refractivity contribution in [1.29, 1.82) is 0 Å². The fourth-order valence-electron chi connectivity index (χ4n) is 3.84. The third-order valence-electron chi connectivity index (χ3n) is 5.57. The van der Waals surface area contributed by atoms with Crippen molar-refractivity contribution in [3.63, 3.8) is 0 Å². The number of halogens is 5. The van der Waals surface area contributed by atoms with Crippen LogP contribution in [0.25, 0.3) is 0 Å². The van der Waals surface area contributed by atoms with Crippen molar-refractivity contribution in [2.75, 3.05) is 6.54 Å². The van der Waals surface area contributed by atoms with Crippen molar-refractivity contribution >= 4 is 0 Å². The number of benzene rings is 1. The molecule has 1 aliphatic rings. The molecule has 1 aromatic carbocycles. The normalized spacial score (nSPS) is 17.9. The van der Waals surface area contributed by atoms with Gasteiger partial charge in [-0.1, -0.05) is 6.07 Å². The molecule has 8 nitrogen and oxygen atoms in total. The van der Waals surface area contributed by atoms with Crippen molar-refractivity contribution < 1.29 is 36.4 Å². The number of aliphatic hydroxyl groups is 1. The van der Waals surface area contributed by atoms with E-state index in [9.17, 15) is 27.1 Å². The lowest BCUT2D eigenvalue weighted by atomic mass is 9.85. The molecule has 0 amide bonds. The van der Waals surface area contributed by atoms with E-state index < -0.39 is 35.3 Å².